The van der Waals surface area contributed by atoms with Crippen LogP contribution < -0.4 is 10.6 Å². The number of nitrogen functional groups attached to an aromatic ring is 1. The molecule has 0 bridgehead atoms. The molecule has 12 heteroatoms. The highest BCUT2D eigenvalue weighted by Crippen LogP contribution is 2.34. The maximum Gasteiger partial charge on any atom is 0.410 e. The molecule has 0 spiro atoms. The molecule has 1 aliphatic rings. The average molecular weight is 527 g/mol. The first-order valence-corrected chi connectivity index (χ1v) is 16.4. The minimum absolute atomic E-state index is 0.295. The molecule has 37 heavy (non-hydrogen) atoms. The number of fused-ring (bicyclic) bond motifs is 1. The van der Waals surface area contributed by atoms with Crippen molar-refractivity contribution in [3.63, 3.8) is 0 Å². The van der Waals surface area contributed by atoms with Crippen LogP contribution in [0, 0.1) is 0 Å². The van der Waals surface area contributed by atoms with Crippen LogP contribution in [-0.4, -0.2) is 82.2 Å². The number of hydrogen-bond acceptors (Lipinski definition) is 9. The van der Waals surface area contributed by atoms with Crippen molar-refractivity contribution in [1.82, 2.24) is 29.6 Å². The number of nitrogens with zero attached hydrogens (tertiary/aromatic N) is 7. The summed E-state index contributed by atoms with van der Waals surface area (Å²) in [5.41, 5.74) is 7.72. The highest BCUT2D eigenvalue weighted by Gasteiger charge is 2.29. The standard InChI is InChI=1S/C25H38N8O3Si/c1-25(2,3)36-24(34)32-11-9-31(10-12-32)22-20-21(18-7-8-27-19(26)15-18)30-33(23(20)29-16-28-22)17-35-13-14-37(4,5)6/h7-8,15-16H,9-14,17H2,1-6H3,(H2,26,27). The van der Waals surface area contributed by atoms with Gasteiger partial charge in [-0.3, -0.25) is 0 Å². The molecule has 3 aromatic rings. The number of nitrogens with two attached hydrogens (primary N) is 1. The second-order valence-electron chi connectivity index (χ2n) is 11.5. The first-order valence-electron chi connectivity index (χ1n) is 12.7. The lowest BCUT2D eigenvalue weighted by molar-refractivity contribution is 0.0240. The SMILES string of the molecule is CC(C)(C)OC(=O)N1CCN(c2ncnc3c2c(-c2ccnc(N)c2)nn3COCC[Si](C)(C)C)CC1. The number of carbonyl (C=O) groups is 1. The summed E-state index contributed by atoms with van der Waals surface area (Å²) in [5.74, 6) is 1.18. The fourth-order valence-electron chi connectivity index (χ4n) is 4.08. The van der Waals surface area contributed by atoms with Gasteiger partial charge < -0.3 is 25.0 Å². The average Bonchev–Trinajstić information content (AvgIpc) is 3.19. The lowest BCUT2D eigenvalue weighted by Gasteiger charge is -2.36. The summed E-state index contributed by atoms with van der Waals surface area (Å²) < 4.78 is 13.3. The maximum atomic E-state index is 12.5. The summed E-state index contributed by atoms with van der Waals surface area (Å²) in [4.78, 5) is 29.8. The molecular weight excluding hydrogens is 488 g/mol. The molecule has 0 saturated carbocycles. The van der Waals surface area contributed by atoms with Crippen LogP contribution in [0.15, 0.2) is 24.7 Å². The van der Waals surface area contributed by atoms with Crippen LogP contribution in [0.2, 0.25) is 25.7 Å². The van der Waals surface area contributed by atoms with Gasteiger partial charge in [-0.05, 0) is 38.9 Å². The summed E-state index contributed by atoms with van der Waals surface area (Å²) >= 11 is 0. The van der Waals surface area contributed by atoms with Gasteiger partial charge >= 0.3 is 6.09 Å². The molecule has 200 valence electrons. The maximum absolute atomic E-state index is 12.5. The van der Waals surface area contributed by atoms with Crippen LogP contribution in [0.4, 0.5) is 16.4 Å². The largest absolute Gasteiger partial charge is 0.444 e. The van der Waals surface area contributed by atoms with E-state index >= 15 is 0 Å². The Balaban J connectivity index is 1.63. The van der Waals surface area contributed by atoms with E-state index in [1.807, 2.05) is 26.8 Å². The zero-order chi connectivity index (χ0) is 26.8. The fraction of sp³-hybridized carbons (Fsp3) is 0.560. The Morgan fingerprint density at radius 3 is 2.49 bits per heavy atom. The smallest absolute Gasteiger partial charge is 0.410 e. The predicted octanol–water partition coefficient (Wildman–Crippen LogP) is 3.84. The van der Waals surface area contributed by atoms with Crippen molar-refractivity contribution in [3.8, 4) is 11.3 Å². The van der Waals surface area contributed by atoms with E-state index in [1.165, 1.54) is 0 Å². The minimum Gasteiger partial charge on any atom is -0.444 e. The van der Waals surface area contributed by atoms with E-state index in [9.17, 15) is 4.79 Å². The Morgan fingerprint density at radius 1 is 1.11 bits per heavy atom. The molecular formula is C25H38N8O3Si. The van der Waals surface area contributed by atoms with E-state index < -0.39 is 13.7 Å². The Kier molecular flexibility index (Phi) is 7.69. The molecule has 4 heterocycles. The van der Waals surface area contributed by atoms with Crippen LogP contribution in [0.5, 0.6) is 0 Å². The first-order chi connectivity index (χ1) is 17.4. The molecule has 1 saturated heterocycles. The van der Waals surface area contributed by atoms with Gasteiger partial charge in [0, 0.05) is 52.6 Å². The van der Waals surface area contributed by atoms with E-state index in [0.29, 0.717) is 51.0 Å². The molecule has 0 radical (unpaired) electrons. The van der Waals surface area contributed by atoms with Gasteiger partial charge in [0.15, 0.2) is 5.65 Å². The molecule has 4 rings (SSSR count). The topological polar surface area (TPSA) is 125 Å². The van der Waals surface area contributed by atoms with E-state index in [2.05, 4.69) is 39.5 Å². The third kappa shape index (κ3) is 6.75. The molecule has 2 N–H and O–H groups in total. The quantitative estimate of drug-likeness (QED) is 0.361. The summed E-state index contributed by atoms with van der Waals surface area (Å²) in [7, 11) is -1.21. The van der Waals surface area contributed by atoms with Crippen molar-refractivity contribution < 1.29 is 14.3 Å². The van der Waals surface area contributed by atoms with Crippen molar-refractivity contribution in [2.24, 2.45) is 0 Å². The summed E-state index contributed by atoms with van der Waals surface area (Å²) in [6, 6.07) is 4.75. The number of pyridine rings is 1. The van der Waals surface area contributed by atoms with E-state index in [0.717, 1.165) is 28.5 Å². The van der Waals surface area contributed by atoms with Crippen molar-refractivity contribution in [3.05, 3.63) is 24.7 Å². The highest BCUT2D eigenvalue weighted by molar-refractivity contribution is 6.76. The monoisotopic (exact) mass is 526 g/mol. The number of aromatic nitrogens is 5. The Morgan fingerprint density at radius 2 is 1.84 bits per heavy atom. The van der Waals surface area contributed by atoms with Gasteiger partial charge in [-0.1, -0.05) is 19.6 Å². The molecule has 0 aliphatic carbocycles. The zero-order valence-corrected chi connectivity index (χ0v) is 23.7. The third-order valence-electron chi connectivity index (χ3n) is 6.00. The summed E-state index contributed by atoms with van der Waals surface area (Å²) in [5, 5.41) is 5.71. The number of hydrogen-bond donors (Lipinski definition) is 1. The van der Waals surface area contributed by atoms with Crippen LogP contribution in [-0.2, 0) is 16.2 Å². The van der Waals surface area contributed by atoms with Crippen LogP contribution >= 0.6 is 0 Å². The van der Waals surface area contributed by atoms with E-state index in [1.54, 1.807) is 28.2 Å². The van der Waals surface area contributed by atoms with Gasteiger partial charge in [-0.15, -0.1) is 0 Å². The zero-order valence-electron chi connectivity index (χ0n) is 22.7. The molecule has 3 aromatic heterocycles. The Bertz CT molecular complexity index is 1240. The van der Waals surface area contributed by atoms with Gasteiger partial charge in [0.25, 0.3) is 0 Å². The van der Waals surface area contributed by atoms with Crippen LogP contribution in [0.3, 0.4) is 0 Å². The van der Waals surface area contributed by atoms with Gasteiger partial charge in [-0.2, -0.15) is 5.10 Å². The Hall–Kier alpha value is -3.25. The van der Waals surface area contributed by atoms with E-state index in [-0.39, 0.29) is 6.09 Å². The van der Waals surface area contributed by atoms with Gasteiger partial charge in [0.2, 0.25) is 0 Å². The first kappa shape index (κ1) is 26.8. The molecule has 0 unspecified atom stereocenters. The van der Waals surface area contributed by atoms with Crippen molar-refractivity contribution >= 4 is 36.8 Å². The number of carbonyl (C=O) groups excluding carboxylic acids is 1. The summed E-state index contributed by atoms with van der Waals surface area (Å²) in [6.07, 6.45) is 2.93. The van der Waals surface area contributed by atoms with Gasteiger partial charge in [0.05, 0.1) is 5.39 Å². The van der Waals surface area contributed by atoms with Gasteiger partial charge in [0.1, 0.15) is 36.0 Å². The third-order valence-corrected chi connectivity index (χ3v) is 7.71. The number of rotatable bonds is 7. The normalized spacial score (nSPS) is 14.9. The highest BCUT2D eigenvalue weighted by atomic mass is 28.3. The van der Waals surface area contributed by atoms with Crippen molar-refractivity contribution in [1.29, 1.82) is 0 Å². The molecule has 1 amide bonds. The molecule has 11 nitrogen and oxygen atoms in total. The number of piperazine rings is 1. The lowest BCUT2D eigenvalue weighted by Crippen LogP contribution is -2.50. The summed E-state index contributed by atoms with van der Waals surface area (Å²) in [6.45, 7) is 15.9. The fourth-order valence-corrected chi connectivity index (χ4v) is 4.83. The Labute approximate surface area is 219 Å². The van der Waals surface area contributed by atoms with Gasteiger partial charge in [-0.25, -0.2) is 24.4 Å². The van der Waals surface area contributed by atoms with Crippen LogP contribution in [0.1, 0.15) is 20.8 Å². The number of ether oxygens (including phenoxy) is 2. The predicted molar refractivity (Wildman–Crippen MR) is 147 cm³/mol. The molecule has 0 atom stereocenters. The molecule has 1 aliphatic heterocycles. The van der Waals surface area contributed by atoms with Crippen LogP contribution in [0.25, 0.3) is 22.3 Å². The second kappa shape index (κ2) is 10.6. The second-order valence-corrected chi connectivity index (χ2v) is 17.1. The van der Waals surface area contributed by atoms with E-state index in [4.69, 9.17) is 20.3 Å². The number of anilines is 2. The van der Waals surface area contributed by atoms with Crippen molar-refractivity contribution in [2.45, 2.75) is 58.8 Å². The van der Waals surface area contributed by atoms with Crippen molar-refractivity contribution in [2.75, 3.05) is 43.4 Å². The lowest BCUT2D eigenvalue weighted by atomic mass is 10.1. The minimum atomic E-state index is -1.21. The number of amides is 1. The molecule has 0 aromatic carbocycles. The molecule has 1 fully saturated rings.